The standard InChI is InChI=1S/C23H28F3N5O2/c1-12-7-18(20-30-31-21(33-20)28-13-5-6-15(32)8-13)29-19-16(12)9-14(27-11-23(24,25)26)10-17(19)22(2,3)4/h7,9-10,13,15,27,32H,5-6,8,11H2,1-4H3,(H,28,31)/t13-,15+/m0/s1. The number of aryl methyl sites for hydroxylation is 1. The van der Waals surface area contributed by atoms with Crippen LogP contribution in [-0.4, -0.2) is 45.2 Å². The Morgan fingerprint density at radius 1 is 1.12 bits per heavy atom. The number of rotatable bonds is 5. The molecule has 3 aromatic rings. The summed E-state index contributed by atoms with van der Waals surface area (Å²) in [5.41, 5.74) is 2.85. The zero-order valence-electron chi connectivity index (χ0n) is 19.0. The molecule has 0 spiro atoms. The minimum Gasteiger partial charge on any atom is -0.402 e. The third kappa shape index (κ3) is 5.38. The van der Waals surface area contributed by atoms with E-state index in [9.17, 15) is 18.3 Å². The Bertz CT molecular complexity index is 1150. The maximum absolute atomic E-state index is 12.7. The predicted octanol–water partition coefficient (Wildman–Crippen LogP) is 5.19. The SMILES string of the molecule is Cc1cc(-c2nnc(N[C@H]3CC[C@@H](O)C3)o2)nc2c(C(C)(C)C)cc(NCC(F)(F)F)cc12. The fourth-order valence-electron chi connectivity index (χ4n) is 4.13. The van der Waals surface area contributed by atoms with Crippen molar-refractivity contribution in [1.82, 2.24) is 15.2 Å². The van der Waals surface area contributed by atoms with Gasteiger partial charge in [-0.15, -0.1) is 5.10 Å². The minimum absolute atomic E-state index is 0.0784. The van der Waals surface area contributed by atoms with Crippen LogP contribution in [0.25, 0.3) is 22.5 Å². The van der Waals surface area contributed by atoms with Gasteiger partial charge < -0.3 is 20.2 Å². The molecule has 1 aliphatic rings. The summed E-state index contributed by atoms with van der Waals surface area (Å²) in [4.78, 5) is 4.77. The van der Waals surface area contributed by atoms with Crippen molar-refractivity contribution < 1.29 is 22.7 Å². The van der Waals surface area contributed by atoms with Crippen LogP contribution < -0.4 is 10.6 Å². The lowest BCUT2D eigenvalue weighted by atomic mass is 9.84. The number of halogens is 3. The number of aromatic nitrogens is 3. The molecule has 7 nitrogen and oxygen atoms in total. The molecule has 3 N–H and O–H groups in total. The molecule has 10 heteroatoms. The largest absolute Gasteiger partial charge is 0.405 e. The predicted molar refractivity (Wildman–Crippen MR) is 120 cm³/mol. The molecule has 178 valence electrons. The quantitative estimate of drug-likeness (QED) is 0.479. The molecule has 0 amide bonds. The van der Waals surface area contributed by atoms with Crippen LogP contribution in [0.1, 0.15) is 51.2 Å². The molecule has 0 saturated heterocycles. The number of alkyl halides is 3. The molecule has 1 aromatic carbocycles. The van der Waals surface area contributed by atoms with E-state index >= 15 is 0 Å². The lowest BCUT2D eigenvalue weighted by molar-refractivity contribution is -0.115. The van der Waals surface area contributed by atoms with E-state index in [4.69, 9.17) is 9.40 Å². The highest BCUT2D eigenvalue weighted by Crippen LogP contribution is 2.35. The van der Waals surface area contributed by atoms with Crippen LogP contribution in [0.4, 0.5) is 24.9 Å². The highest BCUT2D eigenvalue weighted by Gasteiger charge is 2.28. The molecule has 0 aliphatic heterocycles. The summed E-state index contributed by atoms with van der Waals surface area (Å²) in [7, 11) is 0. The normalized spacial score (nSPS) is 19.3. The van der Waals surface area contributed by atoms with E-state index in [0.29, 0.717) is 23.3 Å². The summed E-state index contributed by atoms with van der Waals surface area (Å²) < 4.78 is 44.0. The Morgan fingerprint density at radius 2 is 1.88 bits per heavy atom. The van der Waals surface area contributed by atoms with Crippen molar-refractivity contribution in [2.24, 2.45) is 0 Å². The minimum atomic E-state index is -4.31. The number of pyridine rings is 1. The first-order valence-corrected chi connectivity index (χ1v) is 10.9. The van der Waals surface area contributed by atoms with Crippen molar-refractivity contribution in [2.45, 2.75) is 70.7 Å². The number of nitrogens with one attached hydrogen (secondary N) is 2. The topological polar surface area (TPSA) is 96.1 Å². The van der Waals surface area contributed by atoms with Crippen LogP contribution in [-0.2, 0) is 5.41 Å². The lowest BCUT2D eigenvalue weighted by Gasteiger charge is -2.23. The zero-order valence-corrected chi connectivity index (χ0v) is 19.0. The van der Waals surface area contributed by atoms with Crippen LogP contribution in [0.3, 0.4) is 0 Å². The van der Waals surface area contributed by atoms with Gasteiger partial charge in [0.15, 0.2) is 0 Å². The van der Waals surface area contributed by atoms with Gasteiger partial charge in [0, 0.05) is 17.1 Å². The van der Waals surface area contributed by atoms with Gasteiger partial charge in [0.05, 0.1) is 11.6 Å². The van der Waals surface area contributed by atoms with Crippen molar-refractivity contribution in [3.8, 4) is 11.6 Å². The third-order valence-electron chi connectivity index (χ3n) is 5.80. The second-order valence-corrected chi connectivity index (χ2v) is 9.68. The number of benzene rings is 1. The molecule has 2 heterocycles. The van der Waals surface area contributed by atoms with Crippen LogP contribution in [0.2, 0.25) is 0 Å². The molecule has 1 fully saturated rings. The molecule has 0 unspecified atom stereocenters. The average Bonchev–Trinajstić information content (AvgIpc) is 3.34. The van der Waals surface area contributed by atoms with E-state index in [0.717, 1.165) is 29.4 Å². The molecule has 1 aliphatic carbocycles. The summed E-state index contributed by atoms with van der Waals surface area (Å²) in [6, 6.07) is 5.55. The maximum atomic E-state index is 12.7. The van der Waals surface area contributed by atoms with Crippen molar-refractivity contribution in [3.63, 3.8) is 0 Å². The van der Waals surface area contributed by atoms with Gasteiger partial charge in [-0.2, -0.15) is 13.2 Å². The van der Waals surface area contributed by atoms with Gasteiger partial charge in [0.2, 0.25) is 0 Å². The Labute approximate surface area is 189 Å². The first-order valence-electron chi connectivity index (χ1n) is 10.9. The monoisotopic (exact) mass is 463 g/mol. The number of aliphatic hydroxyl groups excluding tert-OH is 1. The van der Waals surface area contributed by atoms with E-state index < -0.39 is 12.7 Å². The molecular formula is C23H28F3N5O2. The van der Waals surface area contributed by atoms with Crippen LogP contribution in [0.15, 0.2) is 22.6 Å². The highest BCUT2D eigenvalue weighted by atomic mass is 19.4. The Morgan fingerprint density at radius 3 is 2.52 bits per heavy atom. The number of anilines is 2. The van der Waals surface area contributed by atoms with Crippen LogP contribution in [0.5, 0.6) is 0 Å². The van der Waals surface area contributed by atoms with Crippen molar-refractivity contribution in [2.75, 3.05) is 17.2 Å². The lowest BCUT2D eigenvalue weighted by Crippen LogP contribution is -2.22. The number of aliphatic hydroxyl groups is 1. The Hall–Kier alpha value is -2.88. The van der Waals surface area contributed by atoms with Gasteiger partial charge in [0.1, 0.15) is 12.2 Å². The van der Waals surface area contributed by atoms with Crippen molar-refractivity contribution >= 4 is 22.6 Å². The molecule has 2 atom stereocenters. The van der Waals surface area contributed by atoms with Gasteiger partial charge >= 0.3 is 12.2 Å². The van der Waals surface area contributed by atoms with E-state index in [1.54, 1.807) is 18.2 Å². The summed E-state index contributed by atoms with van der Waals surface area (Å²) in [6.45, 7) is 6.74. The molecule has 0 radical (unpaired) electrons. The van der Waals surface area contributed by atoms with Gasteiger partial charge in [-0.25, -0.2) is 4.98 Å². The Balaban J connectivity index is 1.70. The van der Waals surface area contributed by atoms with Crippen molar-refractivity contribution in [3.05, 3.63) is 29.3 Å². The second kappa shape index (κ2) is 8.48. The number of hydrogen-bond acceptors (Lipinski definition) is 7. The summed E-state index contributed by atoms with van der Waals surface area (Å²) in [6.07, 6.45) is -2.44. The van der Waals surface area contributed by atoms with Gasteiger partial charge in [0.25, 0.3) is 5.89 Å². The first-order chi connectivity index (χ1) is 15.4. The van der Waals surface area contributed by atoms with Crippen LogP contribution in [0, 0.1) is 6.92 Å². The smallest absolute Gasteiger partial charge is 0.402 e. The molecule has 2 aromatic heterocycles. The van der Waals surface area contributed by atoms with E-state index in [1.165, 1.54) is 0 Å². The van der Waals surface area contributed by atoms with Crippen molar-refractivity contribution in [1.29, 1.82) is 0 Å². The number of fused-ring (bicyclic) bond motifs is 1. The molecule has 1 saturated carbocycles. The van der Waals surface area contributed by atoms with Gasteiger partial charge in [-0.05, 0) is 60.9 Å². The van der Waals surface area contributed by atoms with Gasteiger partial charge in [-0.3, -0.25) is 0 Å². The summed E-state index contributed by atoms with van der Waals surface area (Å²) >= 11 is 0. The molecule has 0 bridgehead atoms. The molecule has 4 rings (SSSR count). The Kier molecular flexibility index (Phi) is 5.98. The second-order valence-electron chi connectivity index (χ2n) is 9.68. The maximum Gasteiger partial charge on any atom is 0.405 e. The number of nitrogens with zero attached hydrogens (tertiary/aromatic N) is 3. The fourth-order valence-corrected chi connectivity index (χ4v) is 4.13. The number of hydrogen-bond donors (Lipinski definition) is 3. The van der Waals surface area contributed by atoms with E-state index in [1.807, 2.05) is 27.7 Å². The first kappa shape index (κ1) is 23.3. The summed E-state index contributed by atoms with van der Waals surface area (Å²) in [5, 5.41) is 24.3. The van der Waals surface area contributed by atoms with Gasteiger partial charge in [-0.1, -0.05) is 25.9 Å². The molecular weight excluding hydrogens is 435 g/mol. The summed E-state index contributed by atoms with van der Waals surface area (Å²) in [5.74, 6) is 0.250. The highest BCUT2D eigenvalue weighted by molar-refractivity contribution is 5.90. The average molecular weight is 464 g/mol. The van der Waals surface area contributed by atoms with Crippen LogP contribution >= 0.6 is 0 Å². The third-order valence-corrected chi connectivity index (χ3v) is 5.80. The van der Waals surface area contributed by atoms with E-state index in [2.05, 4.69) is 20.8 Å². The molecule has 33 heavy (non-hydrogen) atoms. The zero-order chi connectivity index (χ0) is 24.0. The van der Waals surface area contributed by atoms with E-state index in [-0.39, 0.29) is 29.5 Å². The fraction of sp³-hybridized carbons (Fsp3) is 0.522.